The molecule has 0 aliphatic heterocycles. The van der Waals surface area contributed by atoms with Gasteiger partial charge in [-0.15, -0.1) is 0 Å². The molecule has 0 radical (unpaired) electrons. The van der Waals surface area contributed by atoms with Gasteiger partial charge in [0.2, 0.25) is 0 Å². The number of carbonyl (C=O) groups is 2. The Balaban J connectivity index is 2.16. The summed E-state index contributed by atoms with van der Waals surface area (Å²) < 4.78 is 13.7. The van der Waals surface area contributed by atoms with Gasteiger partial charge < -0.3 is 10.0 Å². The number of carbonyl (C=O) groups excluding carboxylic acids is 1. The number of carboxylic acids is 1. The lowest BCUT2D eigenvalue weighted by Crippen LogP contribution is -2.37. The molecule has 2 rings (SSSR count). The molecular weight excluding hydrogens is 317 g/mol. The summed E-state index contributed by atoms with van der Waals surface area (Å²) in [6.45, 7) is 0.0653. The van der Waals surface area contributed by atoms with Gasteiger partial charge in [-0.1, -0.05) is 0 Å². The second-order valence-electron chi connectivity index (χ2n) is 4.65. The highest BCUT2D eigenvalue weighted by Gasteiger charge is 2.28. The molecule has 1 saturated carbocycles. The summed E-state index contributed by atoms with van der Waals surface area (Å²) in [6.07, 6.45) is 2.02. The Kier molecular flexibility index (Phi) is 4.19. The summed E-state index contributed by atoms with van der Waals surface area (Å²) in [4.78, 5) is 24.2. The van der Waals surface area contributed by atoms with Gasteiger partial charge >= 0.3 is 5.97 Å². The number of aliphatic carboxylic acids is 1. The maximum Gasteiger partial charge on any atom is 0.323 e. The normalized spacial score (nSPS) is 14.2. The van der Waals surface area contributed by atoms with Crippen LogP contribution in [0.3, 0.4) is 0 Å². The van der Waals surface area contributed by atoms with Crippen molar-refractivity contribution in [2.24, 2.45) is 5.92 Å². The fourth-order valence-electron chi connectivity index (χ4n) is 1.81. The van der Waals surface area contributed by atoms with Gasteiger partial charge in [-0.2, -0.15) is 0 Å². The van der Waals surface area contributed by atoms with Crippen molar-refractivity contribution < 1.29 is 19.1 Å². The number of carboxylic acid groups (broad SMARTS) is 1. The molecule has 0 spiro atoms. The molecule has 1 aliphatic carbocycles. The summed E-state index contributed by atoms with van der Waals surface area (Å²) in [7, 11) is 0. The summed E-state index contributed by atoms with van der Waals surface area (Å²) in [6, 6.07) is 4.05. The second-order valence-corrected chi connectivity index (χ2v) is 5.51. The molecule has 0 unspecified atom stereocenters. The third kappa shape index (κ3) is 3.76. The Morgan fingerprint density at radius 3 is 2.63 bits per heavy atom. The number of hydrogen-bond acceptors (Lipinski definition) is 2. The Labute approximate surface area is 118 Å². The van der Waals surface area contributed by atoms with Gasteiger partial charge in [0.15, 0.2) is 0 Å². The Morgan fingerprint density at radius 2 is 2.11 bits per heavy atom. The van der Waals surface area contributed by atoms with Crippen molar-refractivity contribution in [3.05, 3.63) is 34.1 Å². The van der Waals surface area contributed by atoms with Crippen LogP contribution < -0.4 is 0 Å². The average molecular weight is 330 g/mol. The van der Waals surface area contributed by atoms with Crippen molar-refractivity contribution in [3.63, 3.8) is 0 Å². The molecule has 0 aromatic heterocycles. The van der Waals surface area contributed by atoms with Crippen LogP contribution in [-0.4, -0.2) is 35.0 Å². The van der Waals surface area contributed by atoms with Crippen LogP contribution in [0.5, 0.6) is 0 Å². The zero-order valence-corrected chi connectivity index (χ0v) is 11.7. The van der Waals surface area contributed by atoms with E-state index < -0.39 is 17.7 Å². The highest BCUT2D eigenvalue weighted by molar-refractivity contribution is 9.10. The molecule has 0 atom stereocenters. The molecule has 0 saturated heterocycles. The van der Waals surface area contributed by atoms with Crippen LogP contribution >= 0.6 is 15.9 Å². The molecule has 6 heteroatoms. The Morgan fingerprint density at radius 1 is 1.42 bits per heavy atom. The minimum Gasteiger partial charge on any atom is -0.480 e. The van der Waals surface area contributed by atoms with Gasteiger partial charge in [0.05, 0.1) is 4.47 Å². The lowest BCUT2D eigenvalue weighted by Gasteiger charge is -2.20. The molecule has 1 N–H and O–H groups in total. The minimum atomic E-state index is -1.06. The number of hydrogen-bond donors (Lipinski definition) is 1. The monoisotopic (exact) mass is 329 g/mol. The van der Waals surface area contributed by atoms with Gasteiger partial charge in [-0.25, -0.2) is 4.39 Å². The van der Waals surface area contributed by atoms with Crippen molar-refractivity contribution in [2.75, 3.05) is 13.1 Å². The smallest absolute Gasteiger partial charge is 0.323 e. The summed E-state index contributed by atoms with van der Waals surface area (Å²) >= 11 is 3.01. The second kappa shape index (κ2) is 5.69. The van der Waals surface area contributed by atoms with E-state index in [0.29, 0.717) is 12.5 Å². The lowest BCUT2D eigenvalue weighted by molar-refractivity contribution is -0.137. The van der Waals surface area contributed by atoms with Crippen LogP contribution in [-0.2, 0) is 4.79 Å². The highest BCUT2D eigenvalue weighted by Crippen LogP contribution is 2.30. The van der Waals surface area contributed by atoms with Crippen molar-refractivity contribution in [1.82, 2.24) is 4.90 Å². The quantitative estimate of drug-likeness (QED) is 0.903. The van der Waals surface area contributed by atoms with Gasteiger partial charge in [-0.05, 0) is 52.9 Å². The van der Waals surface area contributed by atoms with Gasteiger partial charge in [-0.3, -0.25) is 9.59 Å². The van der Waals surface area contributed by atoms with E-state index in [1.165, 1.54) is 17.0 Å². The lowest BCUT2D eigenvalue weighted by atomic mass is 10.2. The summed E-state index contributed by atoms with van der Waals surface area (Å²) in [5.41, 5.74) is 0.169. The zero-order chi connectivity index (χ0) is 14.0. The number of rotatable bonds is 5. The topological polar surface area (TPSA) is 57.6 Å². The molecule has 1 fully saturated rings. The maximum atomic E-state index is 13.4. The van der Waals surface area contributed by atoms with Crippen LogP contribution in [0.2, 0.25) is 0 Å². The van der Waals surface area contributed by atoms with Crippen molar-refractivity contribution in [2.45, 2.75) is 12.8 Å². The van der Waals surface area contributed by atoms with E-state index in [2.05, 4.69) is 15.9 Å². The predicted molar refractivity (Wildman–Crippen MR) is 70.4 cm³/mol. The summed E-state index contributed by atoms with van der Waals surface area (Å²) in [5, 5.41) is 8.84. The fraction of sp³-hybridized carbons (Fsp3) is 0.385. The number of nitrogens with zero attached hydrogens (tertiary/aromatic N) is 1. The van der Waals surface area contributed by atoms with Crippen LogP contribution in [0.25, 0.3) is 0 Å². The third-order valence-electron chi connectivity index (χ3n) is 2.96. The largest absolute Gasteiger partial charge is 0.480 e. The molecule has 1 aliphatic rings. The molecule has 1 aromatic rings. The standard InChI is InChI=1S/C13H13BrFNO3/c14-10-4-3-9(5-11(10)15)13(19)16(7-12(17)18)6-8-1-2-8/h3-5,8H,1-2,6-7H2,(H,17,18). The van der Waals surface area contributed by atoms with Gasteiger partial charge in [0, 0.05) is 12.1 Å². The van der Waals surface area contributed by atoms with E-state index in [-0.39, 0.29) is 16.6 Å². The maximum absolute atomic E-state index is 13.4. The van der Waals surface area contributed by atoms with Crippen molar-refractivity contribution >= 4 is 27.8 Å². The Bertz CT molecular complexity index is 517. The van der Waals surface area contributed by atoms with Crippen LogP contribution in [0.4, 0.5) is 4.39 Å². The van der Waals surface area contributed by atoms with Crippen molar-refractivity contribution in [3.8, 4) is 0 Å². The fourth-order valence-corrected chi connectivity index (χ4v) is 2.05. The molecule has 0 bridgehead atoms. The first-order chi connectivity index (χ1) is 8.97. The predicted octanol–water partition coefficient (Wildman–Crippen LogP) is 2.53. The zero-order valence-electron chi connectivity index (χ0n) is 10.1. The first-order valence-electron chi connectivity index (χ1n) is 5.93. The van der Waals surface area contributed by atoms with Crippen LogP contribution in [0.15, 0.2) is 22.7 Å². The first-order valence-corrected chi connectivity index (χ1v) is 6.73. The van der Waals surface area contributed by atoms with Gasteiger partial charge in [0.25, 0.3) is 5.91 Å². The van der Waals surface area contributed by atoms with Crippen LogP contribution in [0.1, 0.15) is 23.2 Å². The number of halogens is 2. The molecule has 102 valence electrons. The molecule has 4 nitrogen and oxygen atoms in total. The SMILES string of the molecule is O=C(O)CN(CC1CC1)C(=O)c1ccc(Br)c(F)c1. The Hall–Kier alpha value is -1.43. The number of benzene rings is 1. The third-order valence-corrected chi connectivity index (χ3v) is 3.60. The van der Waals surface area contributed by atoms with E-state index in [1.54, 1.807) is 0 Å². The van der Waals surface area contributed by atoms with Crippen LogP contribution in [0, 0.1) is 11.7 Å². The van der Waals surface area contributed by atoms with E-state index in [4.69, 9.17) is 5.11 Å². The summed E-state index contributed by atoms with van der Waals surface area (Å²) in [5.74, 6) is -1.66. The molecule has 1 aromatic carbocycles. The van der Waals surface area contributed by atoms with Crippen molar-refractivity contribution in [1.29, 1.82) is 0 Å². The average Bonchev–Trinajstić information content (AvgIpc) is 3.14. The molecular formula is C13H13BrFNO3. The van der Waals surface area contributed by atoms with E-state index in [9.17, 15) is 14.0 Å². The molecule has 1 amide bonds. The van der Waals surface area contributed by atoms with E-state index in [0.717, 1.165) is 18.9 Å². The minimum absolute atomic E-state index is 0.169. The number of amides is 1. The first kappa shape index (κ1) is 14.0. The molecule has 0 heterocycles. The van der Waals surface area contributed by atoms with Gasteiger partial charge in [0.1, 0.15) is 12.4 Å². The highest BCUT2D eigenvalue weighted by atomic mass is 79.9. The molecule has 19 heavy (non-hydrogen) atoms. The van der Waals surface area contributed by atoms with E-state index >= 15 is 0 Å². The van der Waals surface area contributed by atoms with E-state index in [1.807, 2.05) is 0 Å².